The highest BCUT2D eigenvalue weighted by Gasteiger charge is 2.07. The molecule has 88 valence electrons. The molecule has 0 heterocycles. The lowest BCUT2D eigenvalue weighted by Crippen LogP contribution is -2.01. The van der Waals surface area contributed by atoms with E-state index in [4.69, 9.17) is 9.84 Å². The Morgan fingerprint density at radius 2 is 2.00 bits per heavy atom. The largest absolute Gasteiger partial charge is 0.497 e. The van der Waals surface area contributed by atoms with E-state index in [1.807, 2.05) is 0 Å². The molecule has 1 N–H and O–H groups in total. The fraction of sp³-hybridized carbons (Fsp3) is 0.0833. The summed E-state index contributed by atoms with van der Waals surface area (Å²) in [4.78, 5) is 20.7. The summed E-state index contributed by atoms with van der Waals surface area (Å²) in [5, 5.41) is 8.79. The third-order valence-electron chi connectivity index (χ3n) is 1.86. The Hall–Kier alpha value is -2.52. The van der Waals surface area contributed by atoms with Crippen LogP contribution in [0.4, 0.5) is 0 Å². The van der Waals surface area contributed by atoms with Crippen LogP contribution in [0.1, 0.15) is 5.56 Å². The molecule has 5 nitrogen and oxygen atoms in total. The molecule has 1 rings (SSSR count). The van der Waals surface area contributed by atoms with Gasteiger partial charge in [-0.15, -0.1) is 0 Å². The van der Waals surface area contributed by atoms with Crippen molar-refractivity contribution < 1.29 is 24.2 Å². The Bertz CT molecular complexity index is 466. The van der Waals surface area contributed by atoms with Crippen molar-refractivity contribution in [3.05, 3.63) is 41.9 Å². The maximum absolute atomic E-state index is 10.8. The second kappa shape index (κ2) is 6.15. The zero-order chi connectivity index (χ0) is 12.7. The van der Waals surface area contributed by atoms with Crippen molar-refractivity contribution in [2.75, 3.05) is 7.11 Å². The zero-order valence-electron chi connectivity index (χ0n) is 9.04. The van der Waals surface area contributed by atoms with Gasteiger partial charge in [-0.1, -0.05) is 12.1 Å². The van der Waals surface area contributed by atoms with E-state index in [2.05, 4.69) is 4.74 Å². The fourth-order valence-corrected chi connectivity index (χ4v) is 1.09. The van der Waals surface area contributed by atoms with Gasteiger partial charge in [-0.05, 0) is 23.8 Å². The summed E-state index contributed by atoms with van der Waals surface area (Å²) in [5.74, 6) is 0.362. The molecule has 0 bridgehead atoms. The van der Waals surface area contributed by atoms with Crippen LogP contribution in [0.2, 0.25) is 0 Å². The monoisotopic (exact) mass is 234 g/mol. The number of carboxylic acids is 1. The molecule has 5 heteroatoms. The Labute approximate surface area is 97.6 Å². The van der Waals surface area contributed by atoms with Crippen molar-refractivity contribution >= 4 is 18.0 Å². The number of methoxy groups -OCH3 is 1. The lowest BCUT2D eigenvalue weighted by atomic mass is 10.2. The fourth-order valence-electron chi connectivity index (χ4n) is 1.09. The first-order chi connectivity index (χ1) is 8.17. The highest BCUT2D eigenvalue weighted by molar-refractivity contribution is 5.90. The molecule has 0 saturated heterocycles. The molecule has 1 aromatic carbocycles. The van der Waals surface area contributed by atoms with Crippen LogP contribution in [-0.4, -0.2) is 24.1 Å². The molecule has 0 spiro atoms. The number of aliphatic carboxylic acids is 1. The molecule has 0 unspecified atom stereocenters. The molecule has 0 amide bonds. The van der Waals surface area contributed by atoms with Gasteiger partial charge in [0.15, 0.2) is 12.2 Å². The van der Waals surface area contributed by atoms with E-state index >= 15 is 0 Å². The van der Waals surface area contributed by atoms with Gasteiger partial charge < -0.3 is 14.6 Å². The van der Waals surface area contributed by atoms with Gasteiger partial charge in [0.2, 0.25) is 5.76 Å². The number of carboxylic acid groups (broad SMARTS) is 1. The van der Waals surface area contributed by atoms with Crippen LogP contribution in [0.25, 0.3) is 6.08 Å². The standard InChI is InChI=1S/C12H10O5/c1-16-10-4-2-9(3-5-10)8-11(12(14)15)17-7-6-13/h2-5,7-8H,1H3,(H,14,15). The highest BCUT2D eigenvalue weighted by atomic mass is 16.5. The van der Waals surface area contributed by atoms with Crippen LogP contribution in [0.15, 0.2) is 36.3 Å². The molecule has 0 aliphatic rings. The highest BCUT2D eigenvalue weighted by Crippen LogP contribution is 2.14. The molecule has 0 aromatic heterocycles. The second-order valence-electron chi connectivity index (χ2n) is 2.94. The molecule has 0 radical (unpaired) electrons. The van der Waals surface area contributed by atoms with Crippen LogP contribution in [0, 0.1) is 0 Å². The minimum absolute atomic E-state index is 0.362. The first-order valence-electron chi connectivity index (χ1n) is 4.62. The molecular weight excluding hydrogens is 224 g/mol. The molecule has 0 aliphatic carbocycles. The smallest absolute Gasteiger partial charge is 0.371 e. The quantitative estimate of drug-likeness (QED) is 0.474. The Kier molecular flexibility index (Phi) is 4.54. The number of benzene rings is 1. The van der Waals surface area contributed by atoms with Crippen LogP contribution >= 0.6 is 0 Å². The average molecular weight is 234 g/mol. The zero-order valence-corrected chi connectivity index (χ0v) is 9.04. The maximum Gasteiger partial charge on any atom is 0.371 e. The van der Waals surface area contributed by atoms with E-state index < -0.39 is 5.97 Å². The first-order valence-corrected chi connectivity index (χ1v) is 4.62. The van der Waals surface area contributed by atoms with Gasteiger partial charge in [0.25, 0.3) is 0 Å². The van der Waals surface area contributed by atoms with Crippen molar-refractivity contribution in [3.63, 3.8) is 0 Å². The summed E-state index contributed by atoms with van der Waals surface area (Å²) in [6.45, 7) is 0. The van der Waals surface area contributed by atoms with E-state index in [0.29, 0.717) is 17.6 Å². The van der Waals surface area contributed by atoms with Crippen LogP contribution in [-0.2, 0) is 14.3 Å². The molecule has 0 aliphatic heterocycles. The van der Waals surface area contributed by atoms with Crippen LogP contribution in [0.3, 0.4) is 0 Å². The molecule has 0 atom stereocenters. The molecule has 0 fully saturated rings. The third-order valence-corrected chi connectivity index (χ3v) is 1.86. The summed E-state index contributed by atoms with van der Waals surface area (Å²) < 4.78 is 9.56. The van der Waals surface area contributed by atoms with Crippen LogP contribution in [0.5, 0.6) is 5.75 Å². The lowest BCUT2D eigenvalue weighted by Gasteiger charge is -2.01. The average Bonchev–Trinajstić information content (AvgIpc) is 2.35. The van der Waals surface area contributed by atoms with Crippen LogP contribution < -0.4 is 4.74 Å². The van der Waals surface area contributed by atoms with E-state index in [1.54, 1.807) is 24.3 Å². The number of rotatable bonds is 5. The summed E-state index contributed by atoms with van der Waals surface area (Å²) >= 11 is 0. The van der Waals surface area contributed by atoms with Gasteiger partial charge in [0, 0.05) is 0 Å². The van der Waals surface area contributed by atoms with Gasteiger partial charge in [0.1, 0.15) is 5.75 Å². The summed E-state index contributed by atoms with van der Waals surface area (Å²) in [7, 11) is 1.53. The maximum atomic E-state index is 10.8. The van der Waals surface area contributed by atoms with Gasteiger partial charge in [0.05, 0.1) is 7.11 Å². The number of carbonyl (C=O) groups is 1. The summed E-state index contributed by atoms with van der Waals surface area (Å²) in [6.07, 6.45) is 1.93. The Morgan fingerprint density at radius 3 is 2.47 bits per heavy atom. The van der Waals surface area contributed by atoms with E-state index in [0.717, 1.165) is 0 Å². The SMILES string of the molecule is COc1ccc(C=C(OC=C=O)C(=O)O)cc1. The van der Waals surface area contributed by atoms with Gasteiger partial charge >= 0.3 is 5.97 Å². The first kappa shape index (κ1) is 12.5. The summed E-state index contributed by atoms with van der Waals surface area (Å²) in [6, 6.07) is 6.69. The predicted molar refractivity (Wildman–Crippen MR) is 60.0 cm³/mol. The number of hydrogen-bond donors (Lipinski definition) is 1. The summed E-state index contributed by atoms with van der Waals surface area (Å²) in [5.41, 5.74) is 0.613. The van der Waals surface area contributed by atoms with Crippen molar-refractivity contribution in [3.8, 4) is 5.75 Å². The third kappa shape index (κ3) is 3.85. The topological polar surface area (TPSA) is 72.8 Å². The van der Waals surface area contributed by atoms with Crippen molar-refractivity contribution in [2.24, 2.45) is 0 Å². The second-order valence-corrected chi connectivity index (χ2v) is 2.94. The minimum Gasteiger partial charge on any atom is -0.497 e. The number of ether oxygens (including phenoxy) is 2. The van der Waals surface area contributed by atoms with Crippen molar-refractivity contribution in [2.45, 2.75) is 0 Å². The van der Waals surface area contributed by atoms with Gasteiger partial charge in [-0.2, -0.15) is 0 Å². The molecule has 17 heavy (non-hydrogen) atoms. The molecule has 0 saturated carbocycles. The Morgan fingerprint density at radius 1 is 1.35 bits per heavy atom. The van der Waals surface area contributed by atoms with Gasteiger partial charge in [-0.3, -0.25) is 0 Å². The van der Waals surface area contributed by atoms with Gasteiger partial charge in [-0.25, -0.2) is 9.59 Å². The normalized spacial score (nSPS) is 10.3. The van der Waals surface area contributed by atoms with E-state index in [1.165, 1.54) is 19.1 Å². The molecule has 1 aromatic rings. The molecular formula is C12H10O5. The minimum atomic E-state index is -1.27. The van der Waals surface area contributed by atoms with E-state index in [9.17, 15) is 9.59 Å². The number of carbonyl (C=O) groups excluding carboxylic acids is 1. The Balaban J connectivity index is 2.95. The van der Waals surface area contributed by atoms with E-state index in [-0.39, 0.29) is 5.76 Å². The lowest BCUT2D eigenvalue weighted by molar-refractivity contribution is -0.135. The predicted octanol–water partition coefficient (Wildman–Crippen LogP) is 1.48. The number of hydrogen-bond acceptors (Lipinski definition) is 4. The van der Waals surface area contributed by atoms with Crippen molar-refractivity contribution in [1.29, 1.82) is 0 Å². The van der Waals surface area contributed by atoms with Crippen molar-refractivity contribution in [1.82, 2.24) is 0 Å².